The Morgan fingerprint density at radius 1 is 1.13 bits per heavy atom. The Bertz CT molecular complexity index is 893. The minimum absolute atomic E-state index is 0.130. The van der Waals surface area contributed by atoms with Crippen LogP contribution in [0.2, 0.25) is 0 Å². The largest absolute Gasteiger partial charge is 0.272 e. The molecule has 120 valence electrons. The summed E-state index contributed by atoms with van der Waals surface area (Å²) in [5.41, 5.74) is 2.88. The quantitative estimate of drug-likeness (QED) is 0.834. The van der Waals surface area contributed by atoms with Crippen LogP contribution in [0.15, 0.2) is 53.4 Å². The molecular weight excluding hydrogens is 334 g/mol. The summed E-state index contributed by atoms with van der Waals surface area (Å²) in [6.45, 7) is 1.89. The van der Waals surface area contributed by atoms with Crippen molar-refractivity contribution in [3.63, 3.8) is 0 Å². The van der Waals surface area contributed by atoms with Gasteiger partial charge in [0.05, 0.1) is 10.9 Å². The summed E-state index contributed by atoms with van der Waals surface area (Å²) in [6, 6.07) is 13.6. The van der Waals surface area contributed by atoms with Crippen LogP contribution in [-0.2, 0) is 31.9 Å². The molecule has 2 unspecified atom stereocenters. The average Bonchev–Trinajstić information content (AvgIpc) is 3.02. The van der Waals surface area contributed by atoms with Crippen molar-refractivity contribution >= 4 is 21.3 Å². The molecule has 0 amide bonds. The summed E-state index contributed by atoms with van der Waals surface area (Å²) in [7, 11) is -3.89. The van der Waals surface area contributed by atoms with Crippen molar-refractivity contribution in [3.05, 3.63) is 65.2 Å². The van der Waals surface area contributed by atoms with E-state index in [9.17, 15) is 12.6 Å². The van der Waals surface area contributed by atoms with Gasteiger partial charge in [0.15, 0.2) is 0 Å². The number of rotatable bonds is 2. The molecule has 2 aromatic carbocycles. The first-order chi connectivity index (χ1) is 11.0. The van der Waals surface area contributed by atoms with E-state index in [2.05, 4.69) is 0 Å². The van der Waals surface area contributed by atoms with E-state index in [0.717, 1.165) is 20.4 Å². The van der Waals surface area contributed by atoms with E-state index < -0.39 is 33.4 Å². The van der Waals surface area contributed by atoms with Crippen molar-refractivity contribution in [1.82, 2.24) is 3.71 Å². The number of nitrogens with zero attached hydrogens (tertiary/aromatic N) is 1. The predicted molar refractivity (Wildman–Crippen MR) is 86.1 cm³/mol. The summed E-state index contributed by atoms with van der Waals surface area (Å²) < 4.78 is 44.7. The van der Waals surface area contributed by atoms with Crippen LogP contribution in [0.25, 0.3) is 0 Å². The van der Waals surface area contributed by atoms with Crippen molar-refractivity contribution in [2.75, 3.05) is 0 Å². The van der Waals surface area contributed by atoms with Crippen LogP contribution < -0.4 is 0 Å². The molecule has 5 nitrogen and oxygen atoms in total. The number of aryl methyl sites for hydroxylation is 1. The molecule has 2 aromatic rings. The zero-order valence-electron chi connectivity index (χ0n) is 12.4. The maximum atomic E-state index is 13.0. The molecule has 7 heteroatoms. The van der Waals surface area contributed by atoms with E-state index in [-0.39, 0.29) is 4.90 Å². The van der Waals surface area contributed by atoms with Gasteiger partial charge in [0.25, 0.3) is 21.3 Å². The van der Waals surface area contributed by atoms with Gasteiger partial charge in [-0.3, -0.25) is 4.18 Å². The average molecular weight is 349 g/mol. The molecule has 3 atom stereocenters. The van der Waals surface area contributed by atoms with Crippen LogP contribution in [0.4, 0.5) is 0 Å². The van der Waals surface area contributed by atoms with E-state index in [1.165, 1.54) is 12.1 Å². The second-order valence-electron chi connectivity index (χ2n) is 5.77. The highest BCUT2D eigenvalue weighted by Gasteiger charge is 2.52. The van der Waals surface area contributed by atoms with E-state index >= 15 is 0 Å². The fourth-order valence-corrected chi connectivity index (χ4v) is 6.30. The Morgan fingerprint density at radius 2 is 1.83 bits per heavy atom. The smallest absolute Gasteiger partial charge is 0.256 e. The molecule has 1 aliphatic carbocycles. The molecule has 2 aliphatic rings. The van der Waals surface area contributed by atoms with Gasteiger partial charge in [-0.25, -0.2) is 12.6 Å². The third-order valence-electron chi connectivity index (χ3n) is 4.28. The third-order valence-corrected chi connectivity index (χ3v) is 7.74. The molecule has 0 aromatic heterocycles. The van der Waals surface area contributed by atoms with Crippen molar-refractivity contribution in [2.45, 2.75) is 30.4 Å². The van der Waals surface area contributed by atoms with Gasteiger partial charge in [-0.1, -0.05) is 45.7 Å². The zero-order chi connectivity index (χ0) is 16.2. The molecule has 1 aliphatic heterocycles. The van der Waals surface area contributed by atoms with Gasteiger partial charge in [-0.2, -0.15) is 0 Å². The van der Waals surface area contributed by atoms with Crippen LogP contribution in [0.5, 0.6) is 0 Å². The molecule has 0 saturated carbocycles. The summed E-state index contributed by atoms with van der Waals surface area (Å²) in [5.74, 6) is 0. The van der Waals surface area contributed by atoms with Crippen molar-refractivity contribution < 1.29 is 16.8 Å². The van der Waals surface area contributed by atoms with Gasteiger partial charge in [0.1, 0.15) is 6.10 Å². The Morgan fingerprint density at radius 3 is 2.57 bits per heavy atom. The lowest BCUT2D eigenvalue weighted by Gasteiger charge is -2.20. The maximum Gasteiger partial charge on any atom is 0.256 e. The standard InChI is InChI=1S/C16H15NO4S2/c1-11-6-8-13(9-7-11)23(19,20)17-16-14-5-3-2-4-12(14)10-15(16)21-22(17)18/h2-9,15-16H,10H2,1H3/t15?,16?,22-/m1/s1. The first-order valence-corrected chi connectivity index (χ1v) is 9.73. The zero-order valence-corrected chi connectivity index (χ0v) is 14.0. The molecule has 0 radical (unpaired) electrons. The Kier molecular flexibility index (Phi) is 3.42. The molecule has 1 saturated heterocycles. The van der Waals surface area contributed by atoms with Gasteiger partial charge in [0, 0.05) is 6.42 Å². The molecule has 23 heavy (non-hydrogen) atoms. The SMILES string of the molecule is Cc1ccc(S(=O)(=O)N2C3c4ccccc4CC3O[S@]2=O)cc1. The van der Waals surface area contributed by atoms with Gasteiger partial charge in [-0.15, -0.1) is 0 Å². The van der Waals surface area contributed by atoms with Gasteiger partial charge in [0.2, 0.25) is 0 Å². The van der Waals surface area contributed by atoms with Crippen LogP contribution in [0.3, 0.4) is 0 Å². The molecule has 0 bridgehead atoms. The summed E-state index contributed by atoms with van der Waals surface area (Å²) >= 11 is -2.01. The number of hydrogen-bond acceptors (Lipinski definition) is 4. The normalized spacial score (nSPS) is 26.9. The highest BCUT2D eigenvalue weighted by molar-refractivity contribution is 7.99. The minimum atomic E-state index is -3.89. The fraction of sp³-hybridized carbons (Fsp3) is 0.250. The summed E-state index contributed by atoms with van der Waals surface area (Å²) in [6.07, 6.45) is 0.181. The van der Waals surface area contributed by atoms with Crippen molar-refractivity contribution in [1.29, 1.82) is 0 Å². The second-order valence-corrected chi connectivity index (χ2v) is 8.84. The number of fused-ring (bicyclic) bond motifs is 3. The Hall–Kier alpha value is -1.54. The highest BCUT2D eigenvalue weighted by Crippen LogP contribution is 2.46. The molecule has 1 heterocycles. The summed E-state index contributed by atoms with van der Waals surface area (Å²) in [4.78, 5) is 0.130. The lowest BCUT2D eigenvalue weighted by molar-refractivity contribution is 0.230. The predicted octanol–water partition coefficient (Wildman–Crippen LogP) is 2.26. The number of sulfonamides is 1. The lowest BCUT2D eigenvalue weighted by atomic mass is 10.1. The van der Waals surface area contributed by atoms with E-state index in [1.54, 1.807) is 12.1 Å². The van der Waals surface area contributed by atoms with E-state index in [1.807, 2.05) is 31.2 Å². The van der Waals surface area contributed by atoms with Crippen molar-refractivity contribution in [2.24, 2.45) is 0 Å². The molecular formula is C16H15NO4S2. The second kappa shape index (κ2) is 5.24. The van der Waals surface area contributed by atoms with Crippen LogP contribution in [0.1, 0.15) is 22.7 Å². The number of hydrogen-bond donors (Lipinski definition) is 0. The van der Waals surface area contributed by atoms with E-state index in [0.29, 0.717) is 6.42 Å². The molecule has 0 N–H and O–H groups in total. The van der Waals surface area contributed by atoms with Crippen LogP contribution >= 0.6 is 0 Å². The van der Waals surface area contributed by atoms with Gasteiger partial charge >= 0.3 is 0 Å². The Balaban J connectivity index is 1.81. The van der Waals surface area contributed by atoms with Crippen LogP contribution in [0, 0.1) is 6.92 Å². The van der Waals surface area contributed by atoms with Crippen molar-refractivity contribution in [3.8, 4) is 0 Å². The van der Waals surface area contributed by atoms with Gasteiger partial charge in [-0.05, 0) is 30.2 Å². The fourth-order valence-electron chi connectivity index (χ4n) is 3.16. The Labute approximate surface area is 137 Å². The monoisotopic (exact) mass is 349 g/mol. The minimum Gasteiger partial charge on any atom is -0.272 e. The number of benzene rings is 2. The topological polar surface area (TPSA) is 63.7 Å². The van der Waals surface area contributed by atoms with Gasteiger partial charge < -0.3 is 0 Å². The van der Waals surface area contributed by atoms with Crippen LogP contribution in [-0.4, -0.2) is 22.4 Å². The first kappa shape index (κ1) is 15.0. The molecule has 1 fully saturated rings. The third kappa shape index (κ3) is 2.27. The van der Waals surface area contributed by atoms with E-state index in [4.69, 9.17) is 4.18 Å². The summed E-state index contributed by atoms with van der Waals surface area (Å²) in [5, 5.41) is 0. The maximum absolute atomic E-state index is 13.0. The lowest BCUT2D eigenvalue weighted by Crippen LogP contribution is -2.32. The molecule has 0 spiro atoms. The highest BCUT2D eigenvalue weighted by atomic mass is 32.3. The first-order valence-electron chi connectivity index (χ1n) is 7.26. The molecule has 4 rings (SSSR count).